The lowest BCUT2D eigenvalue weighted by atomic mass is 10.0. The van der Waals surface area contributed by atoms with Gasteiger partial charge in [-0.3, -0.25) is 14.7 Å². The summed E-state index contributed by atoms with van der Waals surface area (Å²) in [7, 11) is 0. The molecule has 0 aliphatic rings. The van der Waals surface area contributed by atoms with E-state index in [0.29, 0.717) is 11.5 Å². The highest BCUT2D eigenvalue weighted by atomic mass is 16.2. The molecule has 3 aromatic rings. The Bertz CT molecular complexity index is 969. The smallest absolute Gasteiger partial charge is 0.262 e. The van der Waals surface area contributed by atoms with Crippen LogP contribution in [-0.4, -0.2) is 21.1 Å². The van der Waals surface area contributed by atoms with Crippen molar-refractivity contribution in [1.29, 1.82) is 0 Å². The normalized spacial score (nSPS) is 10.6. The van der Waals surface area contributed by atoms with Crippen LogP contribution in [0.3, 0.4) is 0 Å². The summed E-state index contributed by atoms with van der Waals surface area (Å²) >= 11 is 0. The van der Waals surface area contributed by atoms with E-state index in [0.717, 1.165) is 16.8 Å². The summed E-state index contributed by atoms with van der Waals surface area (Å²) in [6.45, 7) is 5.84. The number of rotatable bonds is 3. The molecule has 0 unspecified atom stereocenters. The van der Waals surface area contributed by atoms with Crippen LogP contribution >= 0.6 is 0 Å². The molecule has 0 aliphatic heterocycles. The van der Waals surface area contributed by atoms with Gasteiger partial charge in [0, 0.05) is 29.6 Å². The molecule has 0 aliphatic carbocycles. The Morgan fingerprint density at radius 1 is 1.17 bits per heavy atom. The maximum absolute atomic E-state index is 12.2. The number of anilines is 1. The number of nitrogens with zero attached hydrogens (tertiary/aromatic N) is 1. The Balaban J connectivity index is 1.85. The van der Waals surface area contributed by atoms with E-state index in [4.69, 9.17) is 0 Å². The number of hydrogen-bond donors (Lipinski definition) is 3. The van der Waals surface area contributed by atoms with Gasteiger partial charge < -0.3 is 10.3 Å². The van der Waals surface area contributed by atoms with Gasteiger partial charge in [0.15, 0.2) is 11.2 Å². The van der Waals surface area contributed by atoms with E-state index in [1.165, 1.54) is 17.8 Å². The molecule has 0 atom stereocenters. The lowest BCUT2D eigenvalue weighted by Crippen LogP contribution is -2.21. The van der Waals surface area contributed by atoms with E-state index in [1.807, 2.05) is 32.0 Å². The largest absolute Gasteiger partial charge is 0.364 e. The van der Waals surface area contributed by atoms with Crippen molar-refractivity contribution in [2.24, 2.45) is 0 Å². The van der Waals surface area contributed by atoms with E-state index in [1.54, 1.807) is 13.0 Å². The molecule has 0 fully saturated rings. The van der Waals surface area contributed by atoms with Gasteiger partial charge in [-0.2, -0.15) is 5.10 Å². The van der Waals surface area contributed by atoms with Gasteiger partial charge in [-0.1, -0.05) is 18.2 Å². The number of benzene rings is 1. The number of aromatic nitrogens is 3. The Kier molecular flexibility index (Phi) is 4.04. The minimum absolute atomic E-state index is 0.0527. The van der Waals surface area contributed by atoms with Crippen molar-refractivity contribution in [2.75, 3.05) is 5.32 Å². The van der Waals surface area contributed by atoms with E-state index in [-0.39, 0.29) is 11.0 Å². The maximum Gasteiger partial charge on any atom is 0.262 e. The molecule has 1 amide bonds. The quantitative estimate of drug-likeness (QED) is 0.692. The molecule has 1 aromatic carbocycles. The predicted octanol–water partition coefficient (Wildman–Crippen LogP) is 2.94. The molecular formula is C18H18N4O2. The molecule has 3 rings (SSSR count). The molecule has 0 radical (unpaired) electrons. The third kappa shape index (κ3) is 2.99. The van der Waals surface area contributed by atoms with Gasteiger partial charge in [0.25, 0.3) is 5.91 Å². The Labute approximate surface area is 138 Å². The van der Waals surface area contributed by atoms with Crippen LogP contribution in [0.2, 0.25) is 0 Å². The fraction of sp³-hybridized carbons (Fsp3) is 0.167. The van der Waals surface area contributed by atoms with Crippen molar-refractivity contribution < 1.29 is 4.79 Å². The number of hydrogen-bond acceptors (Lipinski definition) is 3. The molecule has 2 heterocycles. The molecule has 3 N–H and O–H groups in total. The average Bonchev–Trinajstić information content (AvgIpc) is 2.98. The highest BCUT2D eigenvalue weighted by Crippen LogP contribution is 2.25. The second-order valence-electron chi connectivity index (χ2n) is 5.76. The highest BCUT2D eigenvalue weighted by molar-refractivity contribution is 6.03. The molecule has 122 valence electrons. The minimum atomic E-state index is -0.490. The summed E-state index contributed by atoms with van der Waals surface area (Å²) in [4.78, 5) is 27.0. The van der Waals surface area contributed by atoms with Gasteiger partial charge in [-0.05, 0) is 31.9 Å². The fourth-order valence-corrected chi connectivity index (χ4v) is 2.50. The topological polar surface area (TPSA) is 90.6 Å². The van der Waals surface area contributed by atoms with Gasteiger partial charge in [0.05, 0.1) is 5.69 Å². The van der Waals surface area contributed by atoms with Crippen molar-refractivity contribution in [3.05, 3.63) is 69.1 Å². The van der Waals surface area contributed by atoms with Crippen LogP contribution in [0.15, 0.2) is 41.3 Å². The number of aromatic amines is 2. The SMILES string of the molecule is Cc1cc(=O)c(C(=O)Nc2cc(-c3cccc(C)c3C)[nH]n2)c[nH]1. The zero-order chi connectivity index (χ0) is 17.3. The first kappa shape index (κ1) is 15.7. The first-order chi connectivity index (χ1) is 11.5. The van der Waals surface area contributed by atoms with Crippen molar-refractivity contribution in [1.82, 2.24) is 15.2 Å². The number of nitrogens with one attached hydrogen (secondary N) is 3. The summed E-state index contributed by atoms with van der Waals surface area (Å²) < 4.78 is 0. The van der Waals surface area contributed by atoms with E-state index >= 15 is 0 Å². The monoisotopic (exact) mass is 322 g/mol. The third-order valence-corrected chi connectivity index (χ3v) is 4.02. The summed E-state index contributed by atoms with van der Waals surface area (Å²) in [6, 6.07) is 9.15. The maximum atomic E-state index is 12.2. The second kappa shape index (κ2) is 6.16. The Morgan fingerprint density at radius 3 is 2.71 bits per heavy atom. The van der Waals surface area contributed by atoms with Crippen LogP contribution in [0.1, 0.15) is 27.2 Å². The van der Waals surface area contributed by atoms with Crippen LogP contribution in [0, 0.1) is 20.8 Å². The summed E-state index contributed by atoms with van der Waals surface area (Å²) in [5.74, 6) is -0.119. The van der Waals surface area contributed by atoms with E-state index in [9.17, 15) is 9.59 Å². The predicted molar refractivity (Wildman–Crippen MR) is 93.3 cm³/mol. The van der Waals surface area contributed by atoms with Crippen LogP contribution in [0.4, 0.5) is 5.82 Å². The van der Waals surface area contributed by atoms with Crippen molar-refractivity contribution in [3.8, 4) is 11.3 Å². The molecule has 0 spiro atoms. The van der Waals surface area contributed by atoms with Gasteiger partial charge in [0.1, 0.15) is 5.56 Å². The van der Waals surface area contributed by atoms with Gasteiger partial charge >= 0.3 is 0 Å². The molecular weight excluding hydrogens is 304 g/mol. The molecule has 6 nitrogen and oxygen atoms in total. The molecule has 2 aromatic heterocycles. The van der Waals surface area contributed by atoms with E-state index in [2.05, 4.69) is 20.5 Å². The van der Waals surface area contributed by atoms with Crippen LogP contribution in [-0.2, 0) is 0 Å². The van der Waals surface area contributed by atoms with Crippen LogP contribution in [0.25, 0.3) is 11.3 Å². The summed E-state index contributed by atoms with van der Waals surface area (Å²) in [5, 5.41) is 9.67. The van der Waals surface area contributed by atoms with Gasteiger partial charge in [0.2, 0.25) is 0 Å². The number of H-pyrrole nitrogens is 2. The average molecular weight is 322 g/mol. The molecule has 0 saturated carbocycles. The standard InChI is InChI=1S/C18H18N4O2/c1-10-5-4-6-13(12(10)3)15-8-17(22-21-15)20-18(24)14-9-19-11(2)7-16(14)23/h4-9H,1-3H3,(H,19,23)(H2,20,21,22,24). The van der Waals surface area contributed by atoms with Crippen molar-refractivity contribution in [3.63, 3.8) is 0 Å². The minimum Gasteiger partial charge on any atom is -0.364 e. The Morgan fingerprint density at radius 2 is 1.96 bits per heavy atom. The number of pyridine rings is 1. The molecule has 0 bridgehead atoms. The summed E-state index contributed by atoms with van der Waals surface area (Å²) in [5.41, 5.74) is 4.59. The molecule has 6 heteroatoms. The summed E-state index contributed by atoms with van der Waals surface area (Å²) in [6.07, 6.45) is 1.41. The number of amides is 1. The van der Waals surface area contributed by atoms with E-state index < -0.39 is 5.91 Å². The number of carbonyl (C=O) groups excluding carboxylic acids is 1. The Hall–Kier alpha value is -3.15. The number of aryl methyl sites for hydroxylation is 2. The third-order valence-electron chi connectivity index (χ3n) is 4.02. The first-order valence-corrected chi connectivity index (χ1v) is 7.58. The number of carbonyl (C=O) groups is 1. The van der Waals surface area contributed by atoms with Gasteiger partial charge in [-0.25, -0.2) is 0 Å². The van der Waals surface area contributed by atoms with Crippen LogP contribution < -0.4 is 10.7 Å². The zero-order valence-corrected chi connectivity index (χ0v) is 13.7. The van der Waals surface area contributed by atoms with Crippen molar-refractivity contribution in [2.45, 2.75) is 20.8 Å². The highest BCUT2D eigenvalue weighted by Gasteiger charge is 2.13. The molecule has 24 heavy (non-hydrogen) atoms. The lowest BCUT2D eigenvalue weighted by Gasteiger charge is -2.05. The first-order valence-electron chi connectivity index (χ1n) is 7.58. The lowest BCUT2D eigenvalue weighted by molar-refractivity contribution is 0.102. The van der Waals surface area contributed by atoms with Crippen molar-refractivity contribution >= 4 is 11.7 Å². The fourth-order valence-electron chi connectivity index (χ4n) is 2.50. The van der Waals surface area contributed by atoms with Gasteiger partial charge in [-0.15, -0.1) is 0 Å². The van der Waals surface area contributed by atoms with Crippen LogP contribution in [0.5, 0.6) is 0 Å². The second-order valence-corrected chi connectivity index (χ2v) is 5.76. The molecule has 0 saturated heterocycles. The zero-order valence-electron chi connectivity index (χ0n) is 13.7.